The third kappa shape index (κ3) is 29.3. The van der Waals surface area contributed by atoms with Gasteiger partial charge in [0, 0.05) is 6.54 Å². The molecular formula is C6H19N4O7P. The van der Waals surface area contributed by atoms with Crippen molar-refractivity contribution in [1.82, 2.24) is 0 Å². The Morgan fingerprint density at radius 1 is 1.28 bits per heavy atom. The topological polar surface area (TPSA) is 237 Å². The molecule has 0 aromatic carbocycles. The van der Waals surface area contributed by atoms with Gasteiger partial charge in [0.15, 0.2) is 5.96 Å². The minimum atomic E-state index is -4.64. The number of rotatable bonds is 5. The van der Waals surface area contributed by atoms with Crippen LogP contribution in [0.1, 0.15) is 12.8 Å². The van der Waals surface area contributed by atoms with Gasteiger partial charge in [-0.15, -0.1) is 0 Å². The summed E-state index contributed by atoms with van der Waals surface area (Å²) in [4.78, 5) is 35.5. The molecule has 1 unspecified atom stereocenters. The van der Waals surface area contributed by atoms with Crippen LogP contribution in [0, 0.1) is 0 Å². The Morgan fingerprint density at radius 3 is 1.94 bits per heavy atom. The lowest BCUT2D eigenvalue weighted by molar-refractivity contribution is -0.138. The largest absolute Gasteiger partial charge is 0.480 e. The molecule has 1 atom stereocenters. The maximum absolute atomic E-state index is 10.2. The predicted octanol–water partition coefficient (Wildman–Crippen LogP) is -3.30. The number of carbonyl (C=O) groups is 1. The Balaban J connectivity index is -0.000000321. The maximum Gasteiger partial charge on any atom is 0.466 e. The number of carboxylic acids is 1. The molecule has 0 heterocycles. The fourth-order valence-electron chi connectivity index (χ4n) is 0.643. The number of guanidine groups is 1. The Bertz CT molecular complexity index is 292. The van der Waals surface area contributed by atoms with Crippen LogP contribution in [0.4, 0.5) is 0 Å². The fraction of sp³-hybridized carbons (Fsp3) is 0.667. The van der Waals surface area contributed by atoms with Crippen molar-refractivity contribution in [3.05, 3.63) is 0 Å². The van der Waals surface area contributed by atoms with Crippen molar-refractivity contribution in [1.29, 1.82) is 0 Å². The van der Waals surface area contributed by atoms with Crippen molar-refractivity contribution in [2.45, 2.75) is 18.9 Å². The fourth-order valence-corrected chi connectivity index (χ4v) is 0.643. The van der Waals surface area contributed by atoms with Gasteiger partial charge in [0.1, 0.15) is 6.04 Å². The van der Waals surface area contributed by atoms with Crippen molar-refractivity contribution in [3.63, 3.8) is 0 Å². The van der Waals surface area contributed by atoms with Gasteiger partial charge in [-0.05, 0) is 12.8 Å². The van der Waals surface area contributed by atoms with Crippen LogP contribution >= 0.6 is 7.82 Å². The van der Waals surface area contributed by atoms with Gasteiger partial charge < -0.3 is 42.5 Å². The van der Waals surface area contributed by atoms with E-state index in [0.717, 1.165) is 0 Å². The molecule has 0 saturated heterocycles. The molecule has 0 amide bonds. The minimum absolute atomic E-state index is 0. The van der Waals surface area contributed by atoms with Crippen LogP contribution < -0.4 is 17.2 Å². The van der Waals surface area contributed by atoms with Crippen molar-refractivity contribution in [2.24, 2.45) is 22.2 Å². The quantitative estimate of drug-likeness (QED) is 0.116. The van der Waals surface area contributed by atoms with Gasteiger partial charge in [0.25, 0.3) is 0 Å². The van der Waals surface area contributed by atoms with E-state index in [1.807, 2.05) is 0 Å². The smallest absolute Gasteiger partial charge is 0.466 e. The SMILES string of the molecule is NC(N)=NCCCC(N)C(=O)O.O.O=P(O)(O)O. The molecular weight excluding hydrogens is 271 g/mol. The second kappa shape index (κ2) is 10.9. The van der Waals surface area contributed by atoms with Gasteiger partial charge in [-0.3, -0.25) is 9.79 Å². The maximum atomic E-state index is 10.2. The monoisotopic (exact) mass is 290 g/mol. The lowest BCUT2D eigenvalue weighted by Crippen LogP contribution is -2.30. The van der Waals surface area contributed by atoms with Crippen molar-refractivity contribution in [3.8, 4) is 0 Å². The summed E-state index contributed by atoms with van der Waals surface area (Å²) in [7, 11) is -4.64. The van der Waals surface area contributed by atoms with Crippen LogP contribution in [0.25, 0.3) is 0 Å². The van der Waals surface area contributed by atoms with Gasteiger partial charge >= 0.3 is 13.8 Å². The number of carboxylic acid groups (broad SMARTS) is 1. The highest BCUT2D eigenvalue weighted by atomic mass is 31.2. The molecule has 0 fully saturated rings. The molecule has 0 saturated carbocycles. The number of hydrogen-bond donors (Lipinski definition) is 7. The van der Waals surface area contributed by atoms with Gasteiger partial charge in [-0.2, -0.15) is 0 Å². The molecule has 110 valence electrons. The molecule has 0 radical (unpaired) electrons. The first-order chi connectivity index (χ1) is 7.54. The Kier molecular flexibility index (Phi) is 13.3. The van der Waals surface area contributed by atoms with Gasteiger partial charge in [0.2, 0.25) is 0 Å². The van der Waals surface area contributed by atoms with E-state index in [9.17, 15) is 4.79 Å². The van der Waals surface area contributed by atoms with E-state index in [-0.39, 0.29) is 11.4 Å². The summed E-state index contributed by atoms with van der Waals surface area (Å²) in [5.41, 5.74) is 15.3. The normalized spacial score (nSPS) is 11.3. The lowest BCUT2D eigenvalue weighted by atomic mass is 10.2. The summed E-state index contributed by atoms with van der Waals surface area (Å²) in [6, 6.07) is -0.820. The zero-order valence-corrected chi connectivity index (χ0v) is 10.3. The van der Waals surface area contributed by atoms with Crippen molar-refractivity contribution in [2.75, 3.05) is 6.54 Å². The van der Waals surface area contributed by atoms with Crippen LogP contribution in [0.5, 0.6) is 0 Å². The van der Waals surface area contributed by atoms with Gasteiger partial charge in [-0.25, -0.2) is 4.57 Å². The van der Waals surface area contributed by atoms with Gasteiger partial charge in [-0.1, -0.05) is 0 Å². The molecule has 12 N–H and O–H groups in total. The summed E-state index contributed by atoms with van der Waals surface area (Å²) < 4.78 is 8.88. The molecule has 0 aromatic heterocycles. The van der Waals surface area contributed by atoms with E-state index < -0.39 is 19.8 Å². The Labute approximate surface area is 103 Å². The molecule has 0 aliphatic rings. The first-order valence-electron chi connectivity index (χ1n) is 4.36. The number of nitrogens with zero attached hydrogens (tertiary/aromatic N) is 1. The molecule has 11 nitrogen and oxygen atoms in total. The summed E-state index contributed by atoms with van der Waals surface area (Å²) in [6.45, 7) is 0.420. The molecule has 18 heavy (non-hydrogen) atoms. The molecule has 0 spiro atoms. The van der Waals surface area contributed by atoms with E-state index in [1.54, 1.807) is 0 Å². The highest BCUT2D eigenvalue weighted by molar-refractivity contribution is 7.45. The van der Waals surface area contributed by atoms with Crippen LogP contribution in [-0.4, -0.2) is 49.8 Å². The second-order valence-corrected chi connectivity index (χ2v) is 3.93. The average molecular weight is 290 g/mol. The van der Waals surface area contributed by atoms with Gasteiger partial charge in [0.05, 0.1) is 0 Å². The standard InChI is InChI=1S/C6H14N4O2.H3O4P.H2O/c7-4(5(11)12)2-1-3-10-6(8)9;1-5(2,3)4;/h4H,1-3,7H2,(H,11,12)(H4,8,9,10);(H3,1,2,3,4);1H2. The third-order valence-electron chi connectivity index (χ3n) is 1.28. The van der Waals surface area contributed by atoms with Crippen molar-refractivity contribution >= 4 is 19.8 Å². The molecule has 0 aliphatic carbocycles. The van der Waals surface area contributed by atoms with Crippen LogP contribution in [0.3, 0.4) is 0 Å². The first-order valence-corrected chi connectivity index (χ1v) is 5.92. The first kappa shape index (κ1) is 22.0. The number of nitrogens with two attached hydrogens (primary N) is 3. The summed E-state index contributed by atoms with van der Waals surface area (Å²) >= 11 is 0. The van der Waals surface area contributed by atoms with Crippen LogP contribution in [0.2, 0.25) is 0 Å². The number of aliphatic imine (C=N–C) groups is 1. The summed E-state index contributed by atoms with van der Waals surface area (Å²) in [6.07, 6.45) is 0.956. The zero-order chi connectivity index (χ0) is 14.1. The Morgan fingerprint density at radius 2 is 1.67 bits per heavy atom. The van der Waals surface area contributed by atoms with E-state index >= 15 is 0 Å². The molecule has 12 heteroatoms. The van der Waals surface area contributed by atoms with E-state index in [2.05, 4.69) is 4.99 Å². The zero-order valence-electron chi connectivity index (χ0n) is 9.43. The molecule has 0 aromatic rings. The minimum Gasteiger partial charge on any atom is -0.480 e. The molecule has 0 rings (SSSR count). The number of phosphoric acid groups is 1. The van der Waals surface area contributed by atoms with E-state index in [1.165, 1.54) is 0 Å². The van der Waals surface area contributed by atoms with Crippen molar-refractivity contribution < 1.29 is 34.6 Å². The number of aliphatic carboxylic acids is 1. The highest BCUT2D eigenvalue weighted by Crippen LogP contribution is 2.25. The van der Waals surface area contributed by atoms with Crippen LogP contribution in [-0.2, 0) is 9.36 Å². The third-order valence-corrected chi connectivity index (χ3v) is 1.28. The number of hydrogen-bond acceptors (Lipinski definition) is 4. The molecule has 0 aliphatic heterocycles. The Hall–Kier alpha value is -1.23. The highest BCUT2D eigenvalue weighted by Gasteiger charge is 2.09. The summed E-state index contributed by atoms with van der Waals surface area (Å²) in [5, 5.41) is 8.38. The molecule has 0 bridgehead atoms. The second-order valence-electron chi connectivity index (χ2n) is 2.91. The van der Waals surface area contributed by atoms with E-state index in [0.29, 0.717) is 19.4 Å². The average Bonchev–Trinajstić information content (AvgIpc) is 2.08. The lowest BCUT2D eigenvalue weighted by Gasteiger charge is -2.03. The van der Waals surface area contributed by atoms with Crippen LogP contribution in [0.15, 0.2) is 4.99 Å². The predicted molar refractivity (Wildman–Crippen MR) is 63.4 cm³/mol. The van der Waals surface area contributed by atoms with E-state index in [4.69, 9.17) is 41.6 Å². The summed E-state index contributed by atoms with van der Waals surface area (Å²) in [5.74, 6) is -0.987.